The van der Waals surface area contributed by atoms with Crippen LogP contribution in [0.2, 0.25) is 0 Å². The first-order valence-electron chi connectivity index (χ1n) is 11.0. The maximum Gasteiger partial charge on any atom is 0.407 e. The summed E-state index contributed by atoms with van der Waals surface area (Å²) in [6.45, 7) is 10.4. The highest BCUT2D eigenvalue weighted by Crippen LogP contribution is 2.35. The van der Waals surface area contributed by atoms with Gasteiger partial charge >= 0.3 is 6.09 Å². The molecule has 3 heterocycles. The zero-order valence-electron chi connectivity index (χ0n) is 20.0. The molecule has 0 aromatic carbocycles. The van der Waals surface area contributed by atoms with Gasteiger partial charge < -0.3 is 20.1 Å². The van der Waals surface area contributed by atoms with E-state index in [1.807, 2.05) is 52.4 Å². The Morgan fingerprint density at radius 1 is 1.33 bits per heavy atom. The number of anilines is 1. The number of rotatable bonds is 5. The average molecular weight is 525 g/mol. The van der Waals surface area contributed by atoms with Crippen LogP contribution in [0.25, 0.3) is 0 Å². The predicted octanol–water partition coefficient (Wildman–Crippen LogP) is 3.81. The van der Waals surface area contributed by atoms with Crippen LogP contribution in [0.1, 0.15) is 64.4 Å². The van der Waals surface area contributed by atoms with Gasteiger partial charge in [0.15, 0.2) is 0 Å². The highest BCUT2D eigenvalue weighted by Gasteiger charge is 2.40. The van der Waals surface area contributed by atoms with E-state index in [9.17, 15) is 9.59 Å². The van der Waals surface area contributed by atoms with Crippen molar-refractivity contribution in [1.82, 2.24) is 24.9 Å². The van der Waals surface area contributed by atoms with E-state index in [1.165, 1.54) is 0 Å². The second kappa shape index (κ2) is 9.84. The Balaban J connectivity index is 0.000000323. The van der Waals surface area contributed by atoms with Crippen molar-refractivity contribution in [2.45, 2.75) is 77.2 Å². The van der Waals surface area contributed by atoms with Crippen LogP contribution in [0.5, 0.6) is 0 Å². The van der Waals surface area contributed by atoms with Gasteiger partial charge in [0.25, 0.3) is 0 Å². The minimum atomic E-state index is -0.391. The van der Waals surface area contributed by atoms with E-state index in [4.69, 9.17) is 9.47 Å². The third-order valence-corrected chi connectivity index (χ3v) is 6.01. The maximum absolute atomic E-state index is 11.9. The van der Waals surface area contributed by atoms with Gasteiger partial charge in [0, 0.05) is 30.8 Å². The molecule has 10 nitrogen and oxygen atoms in total. The van der Waals surface area contributed by atoms with E-state index in [-0.39, 0.29) is 23.3 Å². The predicted molar refractivity (Wildman–Crippen MR) is 127 cm³/mol. The van der Waals surface area contributed by atoms with Crippen LogP contribution >= 0.6 is 15.9 Å². The fraction of sp³-hybridized carbons (Fsp3) is 0.636. The quantitative estimate of drug-likeness (QED) is 0.575. The fourth-order valence-corrected chi connectivity index (χ4v) is 3.94. The number of nitrogens with one attached hydrogen (secondary N) is 2. The lowest BCUT2D eigenvalue weighted by Crippen LogP contribution is -2.37. The molecule has 2 aromatic heterocycles. The minimum absolute atomic E-state index is 0.100. The van der Waals surface area contributed by atoms with Gasteiger partial charge in [0.1, 0.15) is 22.6 Å². The number of hydrogen-bond acceptors (Lipinski definition) is 6. The molecule has 4 rings (SSSR count). The topological polar surface area (TPSA) is 112 Å². The summed E-state index contributed by atoms with van der Waals surface area (Å²) < 4.78 is 15.7. The molecule has 2 fully saturated rings. The van der Waals surface area contributed by atoms with Crippen LogP contribution in [0.15, 0.2) is 16.7 Å². The van der Waals surface area contributed by atoms with Crippen molar-refractivity contribution in [1.29, 1.82) is 0 Å². The molecular formula is C22H33BrN6O4. The van der Waals surface area contributed by atoms with Gasteiger partial charge in [-0.25, -0.2) is 9.48 Å². The number of nitrogens with zero attached hydrogens (tertiary/aromatic N) is 4. The normalized spacial score (nSPS) is 21.1. The Bertz CT molecular complexity index is 972. The Morgan fingerprint density at radius 2 is 2.03 bits per heavy atom. The standard InChI is InChI=1S/C17H26N4O4.C5H7BrN2/c1-16(2,3)21-14(18-10-22)8-12(20-21)13-7-11(9-24-13)25-15(23)19-17(4)5-6-17;1-4-3-5(6)7-8(4)2/h8,10-11,13H,5-7,9H2,1-4H3,(H,18,22)(H,19,23);3H,1-2H3. The monoisotopic (exact) mass is 524 g/mol. The molecule has 1 aliphatic carbocycles. The summed E-state index contributed by atoms with van der Waals surface area (Å²) in [5.41, 5.74) is 1.51. The zero-order valence-corrected chi connectivity index (χ0v) is 21.6. The Kier molecular flexibility index (Phi) is 7.52. The molecule has 1 aliphatic heterocycles. The summed E-state index contributed by atoms with van der Waals surface area (Å²) in [4.78, 5) is 22.7. The van der Waals surface area contributed by atoms with Crippen molar-refractivity contribution < 1.29 is 19.1 Å². The average Bonchev–Trinajstić information content (AvgIpc) is 3.05. The van der Waals surface area contributed by atoms with Gasteiger partial charge in [-0.05, 0) is 69.5 Å². The number of aromatic nitrogens is 4. The number of amides is 2. The van der Waals surface area contributed by atoms with Gasteiger partial charge in [-0.15, -0.1) is 0 Å². The van der Waals surface area contributed by atoms with E-state index in [2.05, 4.69) is 36.8 Å². The van der Waals surface area contributed by atoms with Crippen molar-refractivity contribution >= 4 is 34.3 Å². The summed E-state index contributed by atoms with van der Waals surface area (Å²) >= 11 is 3.25. The molecule has 0 bridgehead atoms. The first-order chi connectivity index (χ1) is 15.4. The zero-order chi connectivity index (χ0) is 24.4. The summed E-state index contributed by atoms with van der Waals surface area (Å²) in [5, 5.41) is 14.2. The molecule has 2 aliphatic rings. The second-order valence-corrected chi connectivity index (χ2v) is 10.6. The molecule has 182 valence electrons. The minimum Gasteiger partial charge on any atom is -0.444 e. The maximum atomic E-state index is 11.9. The van der Waals surface area contributed by atoms with Crippen LogP contribution in [0.4, 0.5) is 10.6 Å². The third-order valence-electron chi connectivity index (χ3n) is 5.62. The first-order valence-corrected chi connectivity index (χ1v) is 11.8. The lowest BCUT2D eigenvalue weighted by Gasteiger charge is -2.21. The van der Waals surface area contributed by atoms with E-state index < -0.39 is 6.09 Å². The van der Waals surface area contributed by atoms with Crippen LogP contribution in [-0.4, -0.2) is 50.3 Å². The van der Waals surface area contributed by atoms with Crippen LogP contribution in [0.3, 0.4) is 0 Å². The molecule has 2 N–H and O–H groups in total. The number of aryl methyl sites for hydroxylation is 2. The summed E-state index contributed by atoms with van der Waals surface area (Å²) in [5.74, 6) is 0.616. The number of ether oxygens (including phenoxy) is 2. The van der Waals surface area contributed by atoms with Gasteiger partial charge in [-0.2, -0.15) is 10.2 Å². The highest BCUT2D eigenvalue weighted by atomic mass is 79.9. The van der Waals surface area contributed by atoms with Crippen molar-refractivity contribution in [3.8, 4) is 0 Å². The number of carbonyl (C=O) groups excluding carboxylic acids is 2. The number of alkyl carbamates (subject to hydrolysis) is 1. The van der Waals surface area contributed by atoms with Gasteiger partial charge in [-0.3, -0.25) is 9.48 Å². The van der Waals surface area contributed by atoms with Gasteiger partial charge in [0.05, 0.1) is 17.8 Å². The van der Waals surface area contributed by atoms with Gasteiger partial charge in [-0.1, -0.05) is 0 Å². The number of carbonyl (C=O) groups is 2. The molecule has 2 amide bonds. The molecule has 11 heteroatoms. The van der Waals surface area contributed by atoms with Crippen LogP contribution < -0.4 is 10.6 Å². The Hall–Kier alpha value is -2.40. The van der Waals surface area contributed by atoms with E-state index in [0.29, 0.717) is 25.3 Å². The molecule has 2 unspecified atom stereocenters. The fourth-order valence-electron chi connectivity index (χ4n) is 3.37. The van der Waals surface area contributed by atoms with Crippen LogP contribution in [0, 0.1) is 6.92 Å². The van der Waals surface area contributed by atoms with Crippen molar-refractivity contribution in [3.63, 3.8) is 0 Å². The third kappa shape index (κ3) is 6.80. The summed E-state index contributed by atoms with van der Waals surface area (Å²) in [6, 6.07) is 3.78. The highest BCUT2D eigenvalue weighted by molar-refractivity contribution is 9.10. The van der Waals surface area contributed by atoms with E-state index >= 15 is 0 Å². The lowest BCUT2D eigenvalue weighted by atomic mass is 10.1. The molecule has 1 saturated heterocycles. The molecule has 33 heavy (non-hydrogen) atoms. The first kappa shape index (κ1) is 25.2. The largest absolute Gasteiger partial charge is 0.444 e. The molecule has 1 saturated carbocycles. The van der Waals surface area contributed by atoms with Crippen molar-refractivity contribution in [3.05, 3.63) is 28.1 Å². The number of hydrogen-bond donors (Lipinski definition) is 2. The lowest BCUT2D eigenvalue weighted by molar-refractivity contribution is -0.105. The van der Waals surface area contributed by atoms with E-state index in [0.717, 1.165) is 28.8 Å². The second-order valence-electron chi connectivity index (χ2n) is 9.80. The summed E-state index contributed by atoms with van der Waals surface area (Å²) in [7, 11) is 1.92. The molecule has 2 atom stereocenters. The molecule has 2 aromatic rings. The van der Waals surface area contributed by atoms with Gasteiger partial charge in [0.2, 0.25) is 6.41 Å². The smallest absolute Gasteiger partial charge is 0.407 e. The number of halogens is 1. The summed E-state index contributed by atoms with van der Waals surface area (Å²) in [6.07, 6.45) is 2.21. The van der Waals surface area contributed by atoms with Crippen molar-refractivity contribution in [2.24, 2.45) is 7.05 Å². The Morgan fingerprint density at radius 3 is 2.52 bits per heavy atom. The van der Waals surface area contributed by atoms with E-state index in [1.54, 1.807) is 10.7 Å². The van der Waals surface area contributed by atoms with Crippen LogP contribution in [-0.2, 0) is 26.9 Å². The molecular weight excluding hydrogens is 492 g/mol. The Labute approximate surface area is 202 Å². The molecule has 0 spiro atoms. The molecule has 0 radical (unpaired) electrons. The van der Waals surface area contributed by atoms with Crippen molar-refractivity contribution in [2.75, 3.05) is 11.9 Å². The SMILES string of the molecule is CC1(NC(=O)OC2COC(c3cc(NC=O)n(C(C)(C)C)n3)C2)CC1.Cc1cc(Br)nn1C.